The first-order valence-corrected chi connectivity index (χ1v) is 7.19. The topological polar surface area (TPSA) is 35.6 Å². The van der Waals surface area contributed by atoms with Crippen LogP contribution >= 0.6 is 0 Å². The van der Waals surface area contributed by atoms with E-state index in [1.54, 1.807) is 12.1 Å². The van der Waals surface area contributed by atoms with Gasteiger partial charge in [-0.05, 0) is 17.7 Å². The van der Waals surface area contributed by atoms with E-state index in [1.807, 2.05) is 4.90 Å². The van der Waals surface area contributed by atoms with Crippen molar-refractivity contribution >= 4 is 5.91 Å². The lowest BCUT2D eigenvalue weighted by Gasteiger charge is -2.43. The summed E-state index contributed by atoms with van der Waals surface area (Å²) in [5.74, 6) is -0.181. The number of nitrogens with zero attached hydrogens (tertiary/aromatic N) is 2. The average molecular weight is 277 g/mol. The smallest absolute Gasteiger partial charge is 0.227 e. The molecule has 108 valence electrons. The Balaban J connectivity index is 1.51. The number of nitrogens with one attached hydrogen (secondary N) is 1. The van der Waals surface area contributed by atoms with Crippen LogP contribution in [0.15, 0.2) is 24.3 Å². The van der Waals surface area contributed by atoms with Crippen LogP contribution in [-0.4, -0.2) is 61.0 Å². The molecule has 20 heavy (non-hydrogen) atoms. The van der Waals surface area contributed by atoms with Crippen LogP contribution in [0.4, 0.5) is 4.39 Å². The summed E-state index contributed by atoms with van der Waals surface area (Å²) in [5, 5.41) is 3.27. The molecule has 0 saturated carbocycles. The molecule has 0 atom stereocenters. The molecule has 0 aromatic heterocycles. The zero-order valence-electron chi connectivity index (χ0n) is 11.5. The Bertz CT molecular complexity index is 482. The standard InChI is InChI=1S/C15H20FN3O/c16-13-3-1-2-12(8-13)9-15(20)19-6-4-18(5-7-19)14-10-17-11-14/h1-3,8,14,17H,4-7,9-11H2. The third-order valence-electron chi connectivity index (χ3n) is 4.19. The average Bonchev–Trinajstić information content (AvgIpc) is 2.37. The number of amides is 1. The van der Waals surface area contributed by atoms with E-state index < -0.39 is 0 Å². The predicted octanol–water partition coefficient (Wildman–Crippen LogP) is 0.484. The maximum Gasteiger partial charge on any atom is 0.227 e. The van der Waals surface area contributed by atoms with Gasteiger partial charge in [0, 0.05) is 45.3 Å². The number of rotatable bonds is 3. The van der Waals surface area contributed by atoms with Gasteiger partial charge in [0.05, 0.1) is 6.42 Å². The van der Waals surface area contributed by atoms with Crippen molar-refractivity contribution in [3.05, 3.63) is 35.6 Å². The lowest BCUT2D eigenvalue weighted by Crippen LogP contribution is -2.62. The molecule has 0 unspecified atom stereocenters. The van der Waals surface area contributed by atoms with E-state index in [9.17, 15) is 9.18 Å². The van der Waals surface area contributed by atoms with E-state index in [4.69, 9.17) is 0 Å². The number of piperazine rings is 1. The van der Waals surface area contributed by atoms with E-state index in [0.717, 1.165) is 44.8 Å². The maximum atomic E-state index is 13.1. The van der Waals surface area contributed by atoms with E-state index in [0.29, 0.717) is 12.5 Å². The molecule has 3 rings (SSSR count). The molecule has 0 bridgehead atoms. The zero-order chi connectivity index (χ0) is 13.9. The van der Waals surface area contributed by atoms with Gasteiger partial charge in [0.2, 0.25) is 5.91 Å². The Kier molecular flexibility index (Phi) is 3.98. The van der Waals surface area contributed by atoms with Gasteiger partial charge in [0.15, 0.2) is 0 Å². The summed E-state index contributed by atoms with van der Waals surface area (Å²) in [5.41, 5.74) is 0.751. The van der Waals surface area contributed by atoms with Gasteiger partial charge in [0.25, 0.3) is 0 Å². The fraction of sp³-hybridized carbons (Fsp3) is 0.533. The van der Waals surface area contributed by atoms with Gasteiger partial charge in [-0.15, -0.1) is 0 Å². The summed E-state index contributed by atoms with van der Waals surface area (Å²) >= 11 is 0. The van der Waals surface area contributed by atoms with Gasteiger partial charge in [0.1, 0.15) is 5.82 Å². The normalized spacial score (nSPS) is 20.8. The molecule has 0 radical (unpaired) electrons. The van der Waals surface area contributed by atoms with Gasteiger partial charge in [-0.25, -0.2) is 4.39 Å². The molecule has 1 aromatic rings. The van der Waals surface area contributed by atoms with E-state index >= 15 is 0 Å². The third-order valence-corrected chi connectivity index (χ3v) is 4.19. The molecule has 5 heteroatoms. The second kappa shape index (κ2) is 5.89. The highest BCUT2D eigenvalue weighted by Gasteiger charge is 2.29. The molecule has 2 heterocycles. The van der Waals surface area contributed by atoms with Gasteiger partial charge in [-0.1, -0.05) is 12.1 Å². The first-order valence-electron chi connectivity index (χ1n) is 7.19. The summed E-state index contributed by atoms with van der Waals surface area (Å²) < 4.78 is 13.1. The minimum atomic E-state index is -0.280. The Morgan fingerprint density at radius 1 is 1.25 bits per heavy atom. The monoisotopic (exact) mass is 277 g/mol. The summed E-state index contributed by atoms with van der Waals surface area (Å²) in [4.78, 5) is 16.6. The Hall–Kier alpha value is -1.46. The van der Waals surface area contributed by atoms with Gasteiger partial charge in [-0.2, -0.15) is 0 Å². The van der Waals surface area contributed by atoms with Crippen LogP contribution in [0, 0.1) is 5.82 Å². The highest BCUT2D eigenvalue weighted by Crippen LogP contribution is 2.12. The first-order chi connectivity index (χ1) is 9.72. The Morgan fingerprint density at radius 2 is 2.00 bits per heavy atom. The van der Waals surface area contributed by atoms with Gasteiger partial charge in [-0.3, -0.25) is 9.69 Å². The number of hydrogen-bond donors (Lipinski definition) is 1. The van der Waals surface area contributed by atoms with Crippen molar-refractivity contribution < 1.29 is 9.18 Å². The number of carbonyl (C=O) groups excluding carboxylic acids is 1. The molecular formula is C15H20FN3O. The molecule has 0 spiro atoms. The maximum absolute atomic E-state index is 13.1. The SMILES string of the molecule is O=C(Cc1cccc(F)c1)N1CCN(C2CNC2)CC1. The minimum Gasteiger partial charge on any atom is -0.340 e. The first kappa shape index (κ1) is 13.5. The van der Waals surface area contributed by atoms with Gasteiger partial charge < -0.3 is 10.2 Å². The highest BCUT2D eigenvalue weighted by atomic mass is 19.1. The molecule has 0 aliphatic carbocycles. The summed E-state index contributed by atoms with van der Waals surface area (Å²) in [7, 11) is 0. The minimum absolute atomic E-state index is 0.0991. The molecular weight excluding hydrogens is 257 g/mol. The van der Waals surface area contributed by atoms with Crippen molar-refractivity contribution in [2.75, 3.05) is 39.3 Å². The van der Waals surface area contributed by atoms with E-state index in [1.165, 1.54) is 12.1 Å². The Labute approximate surface area is 118 Å². The molecule has 1 aromatic carbocycles. The van der Waals surface area contributed by atoms with Crippen molar-refractivity contribution in [1.29, 1.82) is 0 Å². The quantitative estimate of drug-likeness (QED) is 0.873. The van der Waals surface area contributed by atoms with Crippen LogP contribution in [0.1, 0.15) is 5.56 Å². The summed E-state index contributed by atoms with van der Waals surface area (Å²) in [6.45, 7) is 5.59. The van der Waals surface area contributed by atoms with Crippen LogP contribution in [0.3, 0.4) is 0 Å². The van der Waals surface area contributed by atoms with Crippen LogP contribution < -0.4 is 5.32 Å². The van der Waals surface area contributed by atoms with Crippen molar-refractivity contribution in [2.24, 2.45) is 0 Å². The molecule has 2 fully saturated rings. The second-order valence-corrected chi connectivity index (χ2v) is 5.54. The fourth-order valence-electron chi connectivity index (χ4n) is 2.80. The van der Waals surface area contributed by atoms with Crippen LogP contribution in [0.25, 0.3) is 0 Å². The molecule has 2 aliphatic heterocycles. The van der Waals surface area contributed by atoms with Crippen molar-refractivity contribution in [2.45, 2.75) is 12.5 Å². The highest BCUT2D eigenvalue weighted by molar-refractivity contribution is 5.78. The van der Waals surface area contributed by atoms with E-state index in [2.05, 4.69) is 10.2 Å². The second-order valence-electron chi connectivity index (χ2n) is 5.54. The molecule has 1 N–H and O–H groups in total. The fourth-order valence-corrected chi connectivity index (χ4v) is 2.80. The molecule has 1 amide bonds. The van der Waals surface area contributed by atoms with E-state index in [-0.39, 0.29) is 11.7 Å². The van der Waals surface area contributed by atoms with Gasteiger partial charge >= 0.3 is 0 Å². The lowest BCUT2D eigenvalue weighted by atomic mass is 10.1. The zero-order valence-corrected chi connectivity index (χ0v) is 11.5. The summed E-state index contributed by atoms with van der Waals surface area (Å²) in [6, 6.07) is 6.94. The lowest BCUT2D eigenvalue weighted by molar-refractivity contribution is -0.132. The summed E-state index contributed by atoms with van der Waals surface area (Å²) in [6.07, 6.45) is 0.294. The van der Waals surface area contributed by atoms with Crippen molar-refractivity contribution in [3.8, 4) is 0 Å². The largest absolute Gasteiger partial charge is 0.340 e. The van der Waals surface area contributed by atoms with Crippen molar-refractivity contribution in [1.82, 2.24) is 15.1 Å². The number of benzene rings is 1. The predicted molar refractivity (Wildman–Crippen MR) is 74.9 cm³/mol. The third kappa shape index (κ3) is 2.99. The molecule has 2 saturated heterocycles. The molecule has 2 aliphatic rings. The Morgan fingerprint density at radius 3 is 2.60 bits per heavy atom. The van der Waals surface area contributed by atoms with Crippen molar-refractivity contribution in [3.63, 3.8) is 0 Å². The van der Waals surface area contributed by atoms with Crippen LogP contribution in [-0.2, 0) is 11.2 Å². The number of carbonyl (C=O) groups is 1. The number of hydrogen-bond acceptors (Lipinski definition) is 3. The van der Waals surface area contributed by atoms with Crippen LogP contribution in [0.2, 0.25) is 0 Å². The molecule has 4 nitrogen and oxygen atoms in total. The number of halogens is 1. The van der Waals surface area contributed by atoms with Crippen LogP contribution in [0.5, 0.6) is 0 Å².